The first-order valence-corrected chi connectivity index (χ1v) is 6.71. The number of benzene rings is 1. The van der Waals surface area contributed by atoms with Crippen LogP contribution in [-0.4, -0.2) is 11.6 Å². The Kier molecular flexibility index (Phi) is 5.39. The summed E-state index contributed by atoms with van der Waals surface area (Å²) in [5.74, 6) is 1.28. The van der Waals surface area contributed by atoms with Gasteiger partial charge in [-0.2, -0.15) is 0 Å². The Bertz CT molecular complexity index is 361. The molecule has 0 aliphatic heterocycles. The van der Waals surface area contributed by atoms with Gasteiger partial charge in [-0.25, -0.2) is 0 Å². The Labute approximate surface area is 102 Å². The zero-order valence-corrected chi connectivity index (χ0v) is 10.9. The Morgan fingerprint density at radius 2 is 2.12 bits per heavy atom. The van der Waals surface area contributed by atoms with Crippen molar-refractivity contribution in [3.8, 4) is 0 Å². The molecule has 0 bridgehead atoms. The third kappa shape index (κ3) is 3.89. The van der Waals surface area contributed by atoms with Crippen LogP contribution in [0.1, 0.15) is 37.3 Å². The van der Waals surface area contributed by atoms with E-state index in [1.54, 1.807) is 11.8 Å². The van der Waals surface area contributed by atoms with Crippen molar-refractivity contribution in [2.75, 3.05) is 5.75 Å². The first-order valence-electron chi connectivity index (χ1n) is 5.73. The van der Waals surface area contributed by atoms with E-state index in [1.165, 1.54) is 19.3 Å². The molecule has 0 aliphatic rings. The van der Waals surface area contributed by atoms with Gasteiger partial charge in [0.1, 0.15) is 5.84 Å². The van der Waals surface area contributed by atoms with Crippen molar-refractivity contribution < 1.29 is 0 Å². The van der Waals surface area contributed by atoms with Gasteiger partial charge in [0.05, 0.1) is 0 Å². The van der Waals surface area contributed by atoms with Gasteiger partial charge < -0.3 is 5.73 Å². The number of hydrogen-bond donors (Lipinski definition) is 2. The number of aryl methyl sites for hydroxylation is 1. The van der Waals surface area contributed by atoms with Gasteiger partial charge in [0.2, 0.25) is 0 Å². The minimum absolute atomic E-state index is 0.168. The largest absolute Gasteiger partial charge is 0.384 e. The Morgan fingerprint density at radius 1 is 1.38 bits per heavy atom. The molecule has 0 heterocycles. The standard InChI is InChI=1S/C13H20N2S/c1-3-4-5-8-16-12-7-6-10(2)9-11(12)13(14)15/h6-7,9H,3-5,8H2,1-2H3,(H3,14,15). The highest BCUT2D eigenvalue weighted by molar-refractivity contribution is 7.99. The van der Waals surface area contributed by atoms with Crippen LogP contribution in [-0.2, 0) is 0 Å². The lowest BCUT2D eigenvalue weighted by atomic mass is 10.1. The average molecular weight is 236 g/mol. The minimum atomic E-state index is 0.168. The van der Waals surface area contributed by atoms with E-state index in [9.17, 15) is 0 Å². The molecule has 0 aliphatic carbocycles. The van der Waals surface area contributed by atoms with Crippen LogP contribution in [0.25, 0.3) is 0 Å². The monoisotopic (exact) mass is 236 g/mol. The van der Waals surface area contributed by atoms with Gasteiger partial charge in [-0.1, -0.05) is 31.4 Å². The Balaban J connectivity index is 2.67. The molecule has 1 aromatic carbocycles. The maximum atomic E-state index is 7.55. The molecular formula is C13H20N2S. The fourth-order valence-electron chi connectivity index (χ4n) is 1.51. The highest BCUT2D eigenvalue weighted by Gasteiger charge is 2.05. The third-order valence-corrected chi connectivity index (χ3v) is 3.59. The van der Waals surface area contributed by atoms with E-state index in [0.29, 0.717) is 0 Å². The molecule has 0 saturated carbocycles. The fraction of sp³-hybridized carbons (Fsp3) is 0.462. The summed E-state index contributed by atoms with van der Waals surface area (Å²) in [7, 11) is 0. The highest BCUT2D eigenvalue weighted by atomic mass is 32.2. The second kappa shape index (κ2) is 6.59. The van der Waals surface area contributed by atoms with E-state index in [0.717, 1.165) is 21.8 Å². The molecule has 3 N–H and O–H groups in total. The summed E-state index contributed by atoms with van der Waals surface area (Å²) < 4.78 is 0. The molecule has 1 aromatic rings. The number of hydrogen-bond acceptors (Lipinski definition) is 2. The number of nitrogens with two attached hydrogens (primary N) is 1. The SMILES string of the molecule is CCCCCSc1ccc(C)cc1C(=N)N. The maximum absolute atomic E-state index is 7.55. The normalized spacial score (nSPS) is 10.4. The predicted octanol–water partition coefficient (Wildman–Crippen LogP) is 3.56. The van der Waals surface area contributed by atoms with Crippen molar-refractivity contribution in [3.63, 3.8) is 0 Å². The zero-order chi connectivity index (χ0) is 12.0. The lowest BCUT2D eigenvalue weighted by molar-refractivity contribution is 0.778. The molecule has 0 saturated heterocycles. The first-order chi connectivity index (χ1) is 7.65. The fourth-order valence-corrected chi connectivity index (χ4v) is 2.57. The van der Waals surface area contributed by atoms with Crippen molar-refractivity contribution in [2.45, 2.75) is 38.0 Å². The number of nitrogen functional groups attached to an aromatic ring is 1. The van der Waals surface area contributed by atoms with Crippen LogP contribution in [0, 0.1) is 12.3 Å². The lowest BCUT2D eigenvalue weighted by Crippen LogP contribution is -2.12. The molecule has 0 atom stereocenters. The van der Waals surface area contributed by atoms with Crippen LogP contribution in [0.4, 0.5) is 0 Å². The van der Waals surface area contributed by atoms with E-state index in [1.807, 2.05) is 13.0 Å². The predicted molar refractivity (Wildman–Crippen MR) is 72.4 cm³/mol. The molecule has 88 valence electrons. The Morgan fingerprint density at radius 3 is 2.75 bits per heavy atom. The van der Waals surface area contributed by atoms with Crippen molar-refractivity contribution in [2.24, 2.45) is 5.73 Å². The topological polar surface area (TPSA) is 49.9 Å². The summed E-state index contributed by atoms with van der Waals surface area (Å²) in [6, 6.07) is 6.14. The number of thioether (sulfide) groups is 1. The molecule has 0 unspecified atom stereocenters. The van der Waals surface area contributed by atoms with Crippen molar-refractivity contribution in [1.82, 2.24) is 0 Å². The average Bonchev–Trinajstić information content (AvgIpc) is 2.26. The number of nitrogens with one attached hydrogen (secondary N) is 1. The molecule has 1 rings (SSSR count). The van der Waals surface area contributed by atoms with E-state index >= 15 is 0 Å². The van der Waals surface area contributed by atoms with Crippen molar-refractivity contribution >= 4 is 17.6 Å². The molecule has 0 fully saturated rings. The van der Waals surface area contributed by atoms with E-state index in [4.69, 9.17) is 11.1 Å². The summed E-state index contributed by atoms with van der Waals surface area (Å²) in [6.07, 6.45) is 3.74. The second-order valence-electron chi connectivity index (χ2n) is 3.97. The molecule has 0 aromatic heterocycles. The van der Waals surface area contributed by atoms with Gasteiger partial charge in [-0.05, 0) is 31.2 Å². The minimum Gasteiger partial charge on any atom is -0.384 e. The van der Waals surface area contributed by atoms with E-state index < -0.39 is 0 Å². The molecule has 0 amide bonds. The summed E-state index contributed by atoms with van der Waals surface area (Å²) in [5.41, 5.74) is 7.62. The number of rotatable bonds is 6. The van der Waals surface area contributed by atoms with Crippen LogP contribution in [0.15, 0.2) is 23.1 Å². The van der Waals surface area contributed by atoms with Crippen LogP contribution >= 0.6 is 11.8 Å². The van der Waals surface area contributed by atoms with Crippen LogP contribution < -0.4 is 5.73 Å². The van der Waals surface area contributed by atoms with Gasteiger partial charge in [0, 0.05) is 10.5 Å². The van der Waals surface area contributed by atoms with Crippen LogP contribution in [0.5, 0.6) is 0 Å². The molecule has 0 spiro atoms. The highest BCUT2D eigenvalue weighted by Crippen LogP contribution is 2.24. The zero-order valence-electron chi connectivity index (χ0n) is 10.0. The van der Waals surface area contributed by atoms with Gasteiger partial charge in [0.15, 0.2) is 0 Å². The van der Waals surface area contributed by atoms with Gasteiger partial charge in [-0.15, -0.1) is 11.8 Å². The quantitative estimate of drug-likeness (QED) is 0.343. The molecule has 0 radical (unpaired) electrons. The summed E-state index contributed by atoms with van der Waals surface area (Å²) in [4.78, 5) is 1.13. The lowest BCUT2D eigenvalue weighted by Gasteiger charge is -2.08. The van der Waals surface area contributed by atoms with Gasteiger partial charge >= 0.3 is 0 Å². The molecular weight excluding hydrogens is 216 g/mol. The number of unbranched alkanes of at least 4 members (excludes halogenated alkanes) is 2. The molecule has 3 heteroatoms. The van der Waals surface area contributed by atoms with Crippen LogP contribution in [0.2, 0.25) is 0 Å². The van der Waals surface area contributed by atoms with Crippen molar-refractivity contribution in [1.29, 1.82) is 5.41 Å². The van der Waals surface area contributed by atoms with Gasteiger partial charge in [-0.3, -0.25) is 5.41 Å². The molecule has 2 nitrogen and oxygen atoms in total. The number of amidine groups is 1. The van der Waals surface area contributed by atoms with Gasteiger partial charge in [0.25, 0.3) is 0 Å². The Hall–Kier alpha value is -0.960. The van der Waals surface area contributed by atoms with E-state index in [-0.39, 0.29) is 5.84 Å². The van der Waals surface area contributed by atoms with Crippen LogP contribution in [0.3, 0.4) is 0 Å². The summed E-state index contributed by atoms with van der Waals surface area (Å²) >= 11 is 1.80. The van der Waals surface area contributed by atoms with E-state index in [2.05, 4.69) is 19.1 Å². The smallest absolute Gasteiger partial charge is 0.123 e. The molecule has 16 heavy (non-hydrogen) atoms. The second-order valence-corrected chi connectivity index (χ2v) is 5.11. The first kappa shape index (κ1) is 13.1. The summed E-state index contributed by atoms with van der Waals surface area (Å²) in [5, 5.41) is 7.55. The third-order valence-electron chi connectivity index (χ3n) is 2.43. The maximum Gasteiger partial charge on any atom is 0.123 e. The summed E-state index contributed by atoms with van der Waals surface area (Å²) in [6.45, 7) is 4.23. The van der Waals surface area contributed by atoms with Crippen molar-refractivity contribution in [3.05, 3.63) is 29.3 Å².